The molecule has 1 saturated carbocycles. The van der Waals surface area contributed by atoms with Gasteiger partial charge in [0.1, 0.15) is 11.2 Å². The smallest absolute Gasteiger partial charge is 0.193 e. The molecular weight excluding hydrogens is 328 g/mol. The van der Waals surface area contributed by atoms with Crippen molar-refractivity contribution in [1.82, 2.24) is 0 Å². The molecular formula is C22H26O4. The lowest BCUT2D eigenvalue weighted by Gasteiger charge is -2.57. The van der Waals surface area contributed by atoms with E-state index in [9.17, 15) is 4.79 Å². The van der Waals surface area contributed by atoms with Crippen LogP contribution < -0.4 is 0 Å². The molecule has 0 bridgehead atoms. The highest BCUT2D eigenvalue weighted by Gasteiger charge is 2.74. The summed E-state index contributed by atoms with van der Waals surface area (Å²) in [4.78, 5) is 13.7. The molecule has 0 radical (unpaired) electrons. The standard InChI is InChI=1S/C22H26O4/c23-19-18(15-17-7-2-1-3-8-17)16-20(9-4-12-24-20)22(11-6-14-26-22)21(19)10-5-13-25-21/h1-3,7-8,15H,4-6,9-14,16H2/b18-15+/t20-,21-,22-/m0/s1. The Morgan fingerprint density at radius 3 is 2.23 bits per heavy atom. The molecule has 4 heteroatoms. The van der Waals surface area contributed by atoms with Gasteiger partial charge in [-0.15, -0.1) is 0 Å². The van der Waals surface area contributed by atoms with E-state index < -0.39 is 16.8 Å². The highest BCUT2D eigenvalue weighted by atomic mass is 16.6. The largest absolute Gasteiger partial charge is 0.371 e. The summed E-state index contributed by atoms with van der Waals surface area (Å²) in [5.74, 6) is 0.127. The van der Waals surface area contributed by atoms with E-state index in [-0.39, 0.29) is 5.78 Å². The molecule has 1 aromatic rings. The Balaban J connectivity index is 1.66. The van der Waals surface area contributed by atoms with Gasteiger partial charge in [-0.3, -0.25) is 4.79 Å². The number of ether oxygens (including phenoxy) is 3. The first-order valence-electron chi connectivity index (χ1n) is 9.94. The zero-order valence-electron chi connectivity index (χ0n) is 15.2. The van der Waals surface area contributed by atoms with Gasteiger partial charge < -0.3 is 14.2 Å². The molecule has 26 heavy (non-hydrogen) atoms. The van der Waals surface area contributed by atoms with Crippen LogP contribution in [0.2, 0.25) is 0 Å². The Kier molecular flexibility index (Phi) is 3.85. The number of carbonyl (C=O) groups excluding carboxylic acids is 1. The lowest BCUT2D eigenvalue weighted by Crippen LogP contribution is -2.73. The maximum absolute atomic E-state index is 13.7. The van der Waals surface area contributed by atoms with Crippen LogP contribution in [-0.2, 0) is 19.0 Å². The minimum Gasteiger partial charge on any atom is -0.371 e. The van der Waals surface area contributed by atoms with Crippen LogP contribution in [0.4, 0.5) is 0 Å². The van der Waals surface area contributed by atoms with E-state index in [0.717, 1.165) is 56.3 Å². The van der Waals surface area contributed by atoms with Gasteiger partial charge in [-0.05, 0) is 50.2 Å². The Bertz CT molecular complexity index is 718. The third kappa shape index (κ3) is 2.09. The van der Waals surface area contributed by atoms with Crippen LogP contribution >= 0.6 is 0 Å². The van der Waals surface area contributed by atoms with E-state index in [2.05, 4.69) is 0 Å². The van der Waals surface area contributed by atoms with Crippen LogP contribution in [0.5, 0.6) is 0 Å². The van der Waals surface area contributed by atoms with E-state index in [1.54, 1.807) is 0 Å². The lowest BCUT2D eigenvalue weighted by molar-refractivity contribution is -0.255. The van der Waals surface area contributed by atoms with Gasteiger partial charge in [0, 0.05) is 31.8 Å². The first-order chi connectivity index (χ1) is 12.7. The first kappa shape index (κ1) is 16.7. The van der Waals surface area contributed by atoms with E-state index in [4.69, 9.17) is 14.2 Å². The summed E-state index contributed by atoms with van der Waals surface area (Å²) in [6.07, 6.45) is 8.11. The monoisotopic (exact) mass is 354 g/mol. The number of Topliss-reactive ketones (excluding diaryl/α,β-unsaturated/α-hetero) is 1. The van der Waals surface area contributed by atoms with Crippen molar-refractivity contribution >= 4 is 11.9 Å². The van der Waals surface area contributed by atoms with Crippen molar-refractivity contribution in [2.24, 2.45) is 0 Å². The molecule has 0 aromatic heterocycles. The van der Waals surface area contributed by atoms with Gasteiger partial charge in [0.05, 0.1) is 0 Å². The summed E-state index contributed by atoms with van der Waals surface area (Å²) in [5.41, 5.74) is -0.0192. The van der Waals surface area contributed by atoms with Gasteiger partial charge in [0.2, 0.25) is 0 Å². The highest BCUT2D eigenvalue weighted by molar-refractivity contribution is 6.08. The normalized spacial score (nSPS) is 41.2. The van der Waals surface area contributed by atoms with Gasteiger partial charge in [-0.1, -0.05) is 30.3 Å². The number of ketones is 1. The second-order valence-corrected chi connectivity index (χ2v) is 8.09. The maximum Gasteiger partial charge on any atom is 0.193 e. The van der Waals surface area contributed by atoms with Crippen LogP contribution in [0.15, 0.2) is 35.9 Å². The molecule has 4 aliphatic rings. The second-order valence-electron chi connectivity index (χ2n) is 8.09. The average molecular weight is 354 g/mol. The van der Waals surface area contributed by atoms with Crippen molar-refractivity contribution in [3.63, 3.8) is 0 Å². The molecule has 3 spiro atoms. The van der Waals surface area contributed by atoms with Crippen molar-refractivity contribution in [3.05, 3.63) is 41.5 Å². The Hall–Kier alpha value is -1.49. The summed E-state index contributed by atoms with van der Waals surface area (Å²) in [7, 11) is 0. The molecule has 4 nitrogen and oxygen atoms in total. The molecule has 3 atom stereocenters. The van der Waals surface area contributed by atoms with Crippen molar-refractivity contribution < 1.29 is 19.0 Å². The van der Waals surface area contributed by atoms with Gasteiger partial charge in [0.15, 0.2) is 11.4 Å². The van der Waals surface area contributed by atoms with E-state index in [1.807, 2.05) is 36.4 Å². The van der Waals surface area contributed by atoms with Crippen LogP contribution in [0.1, 0.15) is 50.5 Å². The van der Waals surface area contributed by atoms with Gasteiger partial charge in [0.25, 0.3) is 0 Å². The zero-order chi connectivity index (χ0) is 17.7. The fourth-order valence-electron chi connectivity index (χ4n) is 5.82. The predicted octanol–water partition coefficient (Wildman–Crippen LogP) is 3.69. The Labute approximate surface area is 154 Å². The molecule has 4 fully saturated rings. The van der Waals surface area contributed by atoms with Crippen molar-refractivity contribution in [2.75, 3.05) is 19.8 Å². The molecule has 0 unspecified atom stereocenters. The molecule has 1 aromatic carbocycles. The molecule has 0 N–H and O–H groups in total. The fourth-order valence-corrected chi connectivity index (χ4v) is 5.82. The van der Waals surface area contributed by atoms with Gasteiger partial charge in [-0.2, -0.15) is 0 Å². The molecule has 138 valence electrons. The summed E-state index contributed by atoms with van der Waals surface area (Å²) in [6, 6.07) is 10.1. The minimum atomic E-state index is -0.868. The van der Waals surface area contributed by atoms with Crippen molar-refractivity contribution in [2.45, 2.75) is 61.7 Å². The van der Waals surface area contributed by atoms with Gasteiger partial charge in [-0.25, -0.2) is 0 Å². The number of carbonyl (C=O) groups is 1. The number of hydrogen-bond acceptors (Lipinski definition) is 4. The molecule has 0 amide bonds. The number of rotatable bonds is 1. The quantitative estimate of drug-likeness (QED) is 0.722. The zero-order valence-corrected chi connectivity index (χ0v) is 15.2. The van der Waals surface area contributed by atoms with Crippen molar-refractivity contribution in [1.29, 1.82) is 0 Å². The molecule has 3 heterocycles. The summed E-state index contributed by atoms with van der Waals surface area (Å²) in [5, 5.41) is 0. The Morgan fingerprint density at radius 1 is 0.846 bits per heavy atom. The molecule has 3 aliphatic heterocycles. The topological polar surface area (TPSA) is 44.8 Å². The summed E-state index contributed by atoms with van der Waals surface area (Å²) in [6.45, 7) is 2.07. The fraction of sp³-hybridized carbons (Fsp3) is 0.591. The molecule has 5 rings (SSSR count). The predicted molar refractivity (Wildman–Crippen MR) is 97.8 cm³/mol. The van der Waals surface area contributed by atoms with Crippen LogP contribution in [0.25, 0.3) is 6.08 Å². The van der Waals surface area contributed by atoms with Crippen molar-refractivity contribution in [3.8, 4) is 0 Å². The van der Waals surface area contributed by atoms with Crippen LogP contribution in [0, 0.1) is 0 Å². The molecule has 3 saturated heterocycles. The van der Waals surface area contributed by atoms with Crippen LogP contribution in [-0.4, -0.2) is 42.4 Å². The number of hydrogen-bond donors (Lipinski definition) is 0. The summed E-state index contributed by atoms with van der Waals surface area (Å²) >= 11 is 0. The highest BCUT2D eigenvalue weighted by Crippen LogP contribution is 2.60. The average Bonchev–Trinajstić information content (AvgIpc) is 3.41. The van der Waals surface area contributed by atoms with Crippen LogP contribution in [0.3, 0.4) is 0 Å². The van der Waals surface area contributed by atoms with Gasteiger partial charge >= 0.3 is 0 Å². The first-order valence-corrected chi connectivity index (χ1v) is 9.94. The second kappa shape index (κ2) is 6.01. The minimum absolute atomic E-state index is 0.127. The Morgan fingerprint density at radius 2 is 1.58 bits per heavy atom. The van der Waals surface area contributed by atoms with E-state index in [1.165, 1.54) is 0 Å². The maximum atomic E-state index is 13.7. The third-order valence-electron chi connectivity index (χ3n) is 6.81. The summed E-state index contributed by atoms with van der Waals surface area (Å²) < 4.78 is 19.1. The lowest BCUT2D eigenvalue weighted by atomic mass is 9.57. The van der Waals surface area contributed by atoms with E-state index in [0.29, 0.717) is 19.6 Å². The number of fused-ring (bicyclic) bond motifs is 2. The molecule has 1 aliphatic carbocycles. The van der Waals surface area contributed by atoms with E-state index >= 15 is 0 Å². The number of benzene rings is 1. The SMILES string of the molecule is O=C1/C(=C/c2ccccc2)C[C@@]2(CCCO2)[C@@]2(CCCO2)[C@]12CCCO2. The third-order valence-corrected chi connectivity index (χ3v) is 6.81.